The number of benzene rings is 2. The molecule has 2 atom stereocenters. The molecule has 236 valence electrons. The zero-order chi connectivity index (χ0) is 32.9. The lowest BCUT2D eigenvalue weighted by Crippen LogP contribution is -2.54. The number of phenolic OH excluding ortho intramolecular Hbond substituents is 2. The molecule has 15 nitrogen and oxygen atoms in total. The molecular weight excluding hydrogens is 659 g/mol. The van der Waals surface area contributed by atoms with E-state index in [1.807, 2.05) is 0 Å². The third-order valence-electron chi connectivity index (χ3n) is 7.30. The highest BCUT2D eigenvalue weighted by molar-refractivity contribution is 8.00. The van der Waals surface area contributed by atoms with Crippen LogP contribution in [-0.4, -0.2) is 75.9 Å². The normalized spacial score (nSPS) is 16.6. The fourth-order valence-corrected chi connectivity index (χ4v) is 8.66. The van der Waals surface area contributed by atoms with Crippen LogP contribution in [0.25, 0.3) is 10.1 Å². The van der Waals surface area contributed by atoms with Crippen molar-refractivity contribution in [2.45, 2.75) is 22.9 Å². The summed E-state index contributed by atoms with van der Waals surface area (Å²) < 4.78 is 7.25. The van der Waals surface area contributed by atoms with E-state index in [9.17, 15) is 34.2 Å². The molecule has 0 radical (unpaired) electrons. The maximum absolute atomic E-state index is 13.7. The van der Waals surface area contributed by atoms with Crippen molar-refractivity contribution in [3.05, 3.63) is 73.9 Å². The van der Waals surface area contributed by atoms with Gasteiger partial charge in [0.1, 0.15) is 17.0 Å². The second kappa shape index (κ2) is 12.1. The average Bonchev–Trinajstić information content (AvgIpc) is 3.41. The Kier molecular flexibility index (Phi) is 8.17. The number of aromatic nitrogens is 4. The van der Waals surface area contributed by atoms with E-state index in [0.717, 1.165) is 17.4 Å². The standard InChI is InChI=1S/C28H23N7O8S3/c1-34-28(31-32-33-34)45-10-12-9-44-19-8-18(38)35(19)22(12)27(42)43-16-7-17-14(6-15(16)37)23(39)21(26(30)41)24(46-17)20(25(29)40)11-2-4-13(36)5-3-11/h2-7,19-20,36-37H,8-10H2,1H3,(H2,29,40)(H2,30,41)/t19-,20?/m0/s1. The van der Waals surface area contributed by atoms with Gasteiger partial charge in [-0.1, -0.05) is 23.9 Å². The van der Waals surface area contributed by atoms with Gasteiger partial charge < -0.3 is 26.4 Å². The van der Waals surface area contributed by atoms with Crippen LogP contribution >= 0.6 is 34.9 Å². The number of fused-ring (bicyclic) bond motifs is 2. The van der Waals surface area contributed by atoms with E-state index in [4.69, 9.17) is 16.2 Å². The molecule has 6 rings (SSSR count). The van der Waals surface area contributed by atoms with Gasteiger partial charge in [-0.25, -0.2) is 9.48 Å². The number of carbonyl (C=O) groups excluding carboxylic acids is 4. The monoisotopic (exact) mass is 681 g/mol. The summed E-state index contributed by atoms with van der Waals surface area (Å²) in [6, 6.07) is 7.73. The molecule has 3 amide bonds. The summed E-state index contributed by atoms with van der Waals surface area (Å²) in [6.07, 6.45) is 0.261. The van der Waals surface area contributed by atoms with Crippen LogP contribution in [0, 0.1) is 0 Å². The molecule has 4 heterocycles. The van der Waals surface area contributed by atoms with E-state index in [1.54, 1.807) is 7.05 Å². The number of hydrogen-bond acceptors (Lipinski definition) is 14. The zero-order valence-electron chi connectivity index (χ0n) is 23.7. The Morgan fingerprint density at radius 1 is 1.15 bits per heavy atom. The Balaban J connectivity index is 1.41. The fourth-order valence-electron chi connectivity index (χ4n) is 5.08. The maximum Gasteiger partial charge on any atom is 0.360 e. The predicted molar refractivity (Wildman–Crippen MR) is 167 cm³/mol. The van der Waals surface area contributed by atoms with Gasteiger partial charge in [-0.2, -0.15) is 0 Å². The first-order valence-electron chi connectivity index (χ1n) is 13.4. The molecule has 1 saturated heterocycles. The molecule has 0 saturated carbocycles. The lowest BCUT2D eigenvalue weighted by atomic mass is 9.93. The van der Waals surface area contributed by atoms with Crippen LogP contribution in [0.15, 0.2) is 57.6 Å². The summed E-state index contributed by atoms with van der Waals surface area (Å²) in [5.41, 5.74) is 10.8. The number of aromatic hydroxyl groups is 2. The number of carbonyl (C=O) groups is 4. The van der Waals surface area contributed by atoms with Crippen LogP contribution in [0.3, 0.4) is 0 Å². The largest absolute Gasteiger partial charge is 0.508 e. The van der Waals surface area contributed by atoms with Crippen LogP contribution in [0.2, 0.25) is 0 Å². The van der Waals surface area contributed by atoms with Crippen LogP contribution in [0.5, 0.6) is 17.2 Å². The van der Waals surface area contributed by atoms with Crippen molar-refractivity contribution in [1.29, 1.82) is 0 Å². The maximum atomic E-state index is 13.7. The number of thioether (sulfide) groups is 2. The van der Waals surface area contributed by atoms with Gasteiger partial charge in [-0.05, 0) is 39.8 Å². The number of amides is 3. The van der Waals surface area contributed by atoms with Crippen molar-refractivity contribution in [3.8, 4) is 17.2 Å². The van der Waals surface area contributed by atoms with E-state index >= 15 is 0 Å². The summed E-state index contributed by atoms with van der Waals surface area (Å²) in [5.74, 6) is -4.75. The first kappa shape index (κ1) is 31.1. The number of rotatable bonds is 9. The van der Waals surface area contributed by atoms with Gasteiger partial charge in [0.2, 0.25) is 22.4 Å². The molecule has 4 aromatic rings. The van der Waals surface area contributed by atoms with Crippen LogP contribution in [0.1, 0.15) is 33.1 Å². The van der Waals surface area contributed by atoms with Gasteiger partial charge in [0.15, 0.2) is 11.5 Å². The lowest BCUT2D eigenvalue weighted by molar-refractivity contribution is -0.145. The first-order valence-corrected chi connectivity index (χ1v) is 16.2. The van der Waals surface area contributed by atoms with Crippen molar-refractivity contribution in [1.82, 2.24) is 25.1 Å². The molecule has 2 aromatic carbocycles. The van der Waals surface area contributed by atoms with Crippen LogP contribution < -0.4 is 21.6 Å². The molecule has 1 unspecified atom stereocenters. The number of esters is 1. The third-order valence-corrected chi connectivity index (χ3v) is 10.9. The summed E-state index contributed by atoms with van der Waals surface area (Å²) in [6.45, 7) is 0. The minimum Gasteiger partial charge on any atom is -0.508 e. The van der Waals surface area contributed by atoms with Crippen molar-refractivity contribution < 1.29 is 34.1 Å². The fraction of sp³-hybridized carbons (Fsp3) is 0.214. The molecule has 2 aliphatic heterocycles. The number of β-lactam (4-membered cyclic amide) rings is 1. The highest BCUT2D eigenvalue weighted by Crippen LogP contribution is 2.43. The Hall–Kier alpha value is -4.94. The van der Waals surface area contributed by atoms with Gasteiger partial charge in [0.05, 0.1) is 17.7 Å². The topological polar surface area (TPSA) is 234 Å². The van der Waals surface area contributed by atoms with Gasteiger partial charge in [-0.3, -0.25) is 24.1 Å². The second-order valence-electron chi connectivity index (χ2n) is 10.2. The summed E-state index contributed by atoms with van der Waals surface area (Å²) in [7, 11) is 1.67. The summed E-state index contributed by atoms with van der Waals surface area (Å²) >= 11 is 3.60. The molecule has 0 aliphatic carbocycles. The lowest BCUT2D eigenvalue weighted by Gasteiger charge is -2.44. The Labute approximate surface area is 271 Å². The SMILES string of the molecule is Cn1nnnc1SCC1=C(C(=O)Oc2cc3sc(C(C(N)=O)c4ccc(O)cc4)c(C(N)=O)c(=O)c3cc2O)N2C(=O)C[C@@H]2SC1. The molecule has 18 heteroatoms. The predicted octanol–water partition coefficient (Wildman–Crippen LogP) is 1.17. The Bertz CT molecular complexity index is 2040. The summed E-state index contributed by atoms with van der Waals surface area (Å²) in [4.78, 5) is 66.2. The van der Waals surface area contributed by atoms with E-state index in [1.165, 1.54) is 63.4 Å². The number of phenols is 2. The molecule has 6 N–H and O–H groups in total. The minimum absolute atomic E-state index is 0.0428. The minimum atomic E-state index is -1.30. The number of nitrogens with two attached hydrogens (primary N) is 2. The Morgan fingerprint density at radius 3 is 2.52 bits per heavy atom. The highest BCUT2D eigenvalue weighted by Gasteiger charge is 2.46. The van der Waals surface area contributed by atoms with Crippen molar-refractivity contribution in [2.24, 2.45) is 18.5 Å². The van der Waals surface area contributed by atoms with Gasteiger partial charge in [-0.15, -0.1) is 28.2 Å². The smallest absolute Gasteiger partial charge is 0.360 e. The zero-order valence-corrected chi connectivity index (χ0v) is 26.1. The number of hydrogen-bond donors (Lipinski definition) is 4. The van der Waals surface area contributed by atoms with Crippen molar-refractivity contribution >= 4 is 68.6 Å². The van der Waals surface area contributed by atoms with Crippen LogP contribution in [-0.2, 0) is 21.4 Å². The van der Waals surface area contributed by atoms with Crippen molar-refractivity contribution in [3.63, 3.8) is 0 Å². The summed E-state index contributed by atoms with van der Waals surface area (Å²) in [5, 5.41) is 32.0. The molecule has 0 bridgehead atoms. The van der Waals surface area contributed by atoms with E-state index in [2.05, 4.69) is 15.5 Å². The van der Waals surface area contributed by atoms with Gasteiger partial charge >= 0.3 is 5.97 Å². The Morgan fingerprint density at radius 2 is 1.89 bits per heavy atom. The number of primary amides is 2. The molecule has 46 heavy (non-hydrogen) atoms. The number of ether oxygens (including phenoxy) is 1. The molecule has 2 aromatic heterocycles. The average molecular weight is 682 g/mol. The van der Waals surface area contributed by atoms with E-state index in [0.29, 0.717) is 16.5 Å². The number of tetrazole rings is 1. The van der Waals surface area contributed by atoms with Crippen molar-refractivity contribution in [2.75, 3.05) is 11.5 Å². The third kappa shape index (κ3) is 5.54. The van der Waals surface area contributed by atoms with Gasteiger partial charge in [0.25, 0.3) is 5.91 Å². The van der Waals surface area contributed by atoms with E-state index in [-0.39, 0.29) is 61.2 Å². The molecule has 0 spiro atoms. The molecule has 1 fully saturated rings. The quantitative estimate of drug-likeness (QED) is 0.0842. The molecule has 2 aliphatic rings. The number of nitrogens with zero attached hydrogens (tertiary/aromatic N) is 5. The number of aryl methyl sites for hydroxylation is 1. The van der Waals surface area contributed by atoms with Gasteiger partial charge in [0, 0.05) is 39.6 Å². The van der Waals surface area contributed by atoms with E-state index < -0.39 is 40.4 Å². The second-order valence-corrected chi connectivity index (χ2v) is 13.4. The highest BCUT2D eigenvalue weighted by atomic mass is 32.2. The molecular formula is C28H23N7O8S3. The van der Waals surface area contributed by atoms with Crippen LogP contribution in [0.4, 0.5) is 0 Å². The first-order chi connectivity index (χ1) is 21.9.